The van der Waals surface area contributed by atoms with Gasteiger partial charge in [0.2, 0.25) is 11.8 Å². The summed E-state index contributed by atoms with van der Waals surface area (Å²) in [6.45, 7) is 2.72. The number of hydrogen-bond acceptors (Lipinski definition) is 2. The zero-order valence-corrected chi connectivity index (χ0v) is 13.3. The van der Waals surface area contributed by atoms with Crippen LogP contribution in [0.1, 0.15) is 31.2 Å². The van der Waals surface area contributed by atoms with E-state index in [1.165, 1.54) is 12.8 Å². The Kier molecular flexibility index (Phi) is 4.50. The summed E-state index contributed by atoms with van der Waals surface area (Å²) in [5.41, 5.74) is 1.05. The number of amides is 2. The molecule has 0 bridgehead atoms. The van der Waals surface area contributed by atoms with Crippen LogP contribution in [0.15, 0.2) is 18.5 Å². The van der Waals surface area contributed by atoms with Crippen LogP contribution in [0.25, 0.3) is 0 Å². The van der Waals surface area contributed by atoms with Crippen molar-refractivity contribution in [3.63, 3.8) is 0 Å². The molecule has 1 aliphatic heterocycles. The van der Waals surface area contributed by atoms with Gasteiger partial charge in [-0.25, -0.2) is 0 Å². The van der Waals surface area contributed by atoms with Crippen LogP contribution in [0.4, 0.5) is 0 Å². The molecule has 1 saturated heterocycles. The normalized spacial score (nSPS) is 19.7. The Hall–Kier alpha value is -1.78. The minimum Gasteiger partial charge on any atom is -0.357 e. The average Bonchev–Trinajstić information content (AvgIpc) is 3.18. The monoisotopic (exact) mass is 303 g/mol. The maximum Gasteiger partial charge on any atom is 0.227 e. The highest BCUT2D eigenvalue weighted by atomic mass is 16.2. The van der Waals surface area contributed by atoms with Gasteiger partial charge in [-0.15, -0.1) is 0 Å². The van der Waals surface area contributed by atoms with E-state index in [4.69, 9.17) is 0 Å². The molecular formula is C17H25N3O2. The standard InChI is InChI=1S/C17H25N3O2/c1-18-7-6-14(13-18)12-16(21)19-8-10-20(11-9-19)17(22)15-4-2-3-5-15/h6-7,13,15H,2-5,8-12H2,1H3. The van der Waals surface area contributed by atoms with Gasteiger partial charge in [0.1, 0.15) is 0 Å². The molecule has 2 aliphatic rings. The van der Waals surface area contributed by atoms with E-state index in [1.807, 2.05) is 39.9 Å². The largest absolute Gasteiger partial charge is 0.357 e. The fourth-order valence-electron chi connectivity index (χ4n) is 3.56. The molecule has 5 heteroatoms. The first-order valence-corrected chi connectivity index (χ1v) is 8.31. The summed E-state index contributed by atoms with van der Waals surface area (Å²) in [5, 5.41) is 0. The van der Waals surface area contributed by atoms with E-state index in [-0.39, 0.29) is 11.8 Å². The van der Waals surface area contributed by atoms with E-state index in [0.717, 1.165) is 18.4 Å². The molecule has 0 radical (unpaired) electrons. The molecule has 1 saturated carbocycles. The lowest BCUT2D eigenvalue weighted by Gasteiger charge is -2.36. The van der Waals surface area contributed by atoms with Crippen molar-refractivity contribution in [1.29, 1.82) is 0 Å². The molecule has 2 fully saturated rings. The van der Waals surface area contributed by atoms with Gasteiger partial charge in [0.15, 0.2) is 0 Å². The molecule has 0 aromatic carbocycles. The second-order valence-electron chi connectivity index (χ2n) is 6.55. The maximum absolute atomic E-state index is 12.4. The summed E-state index contributed by atoms with van der Waals surface area (Å²) in [6.07, 6.45) is 8.87. The molecule has 1 aromatic rings. The highest BCUT2D eigenvalue weighted by molar-refractivity contribution is 5.81. The molecule has 0 N–H and O–H groups in total. The summed E-state index contributed by atoms with van der Waals surface area (Å²) in [4.78, 5) is 28.6. The summed E-state index contributed by atoms with van der Waals surface area (Å²) in [6, 6.07) is 1.98. The molecule has 2 heterocycles. The fraction of sp³-hybridized carbons (Fsp3) is 0.647. The zero-order chi connectivity index (χ0) is 15.5. The third-order valence-electron chi connectivity index (χ3n) is 4.90. The van der Waals surface area contributed by atoms with Crippen LogP contribution in [-0.4, -0.2) is 52.4 Å². The molecule has 1 aliphatic carbocycles. The summed E-state index contributed by atoms with van der Waals surface area (Å²) in [5.74, 6) is 0.721. The third-order valence-corrected chi connectivity index (χ3v) is 4.90. The van der Waals surface area contributed by atoms with Crippen molar-refractivity contribution in [1.82, 2.24) is 14.4 Å². The fourth-order valence-corrected chi connectivity index (χ4v) is 3.56. The van der Waals surface area contributed by atoms with Gasteiger partial charge in [0, 0.05) is 51.5 Å². The number of carbonyl (C=O) groups is 2. The lowest BCUT2D eigenvalue weighted by molar-refractivity contribution is -0.141. The van der Waals surface area contributed by atoms with Gasteiger partial charge in [-0.1, -0.05) is 12.8 Å². The Bertz CT molecular complexity index is 538. The van der Waals surface area contributed by atoms with Gasteiger partial charge < -0.3 is 14.4 Å². The molecule has 5 nitrogen and oxygen atoms in total. The van der Waals surface area contributed by atoms with E-state index >= 15 is 0 Å². The molecule has 120 valence electrons. The third kappa shape index (κ3) is 3.34. The van der Waals surface area contributed by atoms with Crippen molar-refractivity contribution in [3.05, 3.63) is 24.0 Å². The topological polar surface area (TPSA) is 45.6 Å². The number of hydrogen-bond donors (Lipinski definition) is 0. The first kappa shape index (κ1) is 15.1. The van der Waals surface area contributed by atoms with Crippen LogP contribution in [0.3, 0.4) is 0 Å². The highest BCUT2D eigenvalue weighted by Gasteiger charge is 2.30. The van der Waals surface area contributed by atoms with Gasteiger partial charge in [-0.2, -0.15) is 0 Å². The lowest BCUT2D eigenvalue weighted by Crippen LogP contribution is -2.52. The number of rotatable bonds is 3. The lowest BCUT2D eigenvalue weighted by atomic mass is 10.1. The van der Waals surface area contributed by atoms with Crippen LogP contribution in [-0.2, 0) is 23.1 Å². The smallest absolute Gasteiger partial charge is 0.227 e. The first-order chi connectivity index (χ1) is 10.6. The highest BCUT2D eigenvalue weighted by Crippen LogP contribution is 2.26. The molecule has 22 heavy (non-hydrogen) atoms. The average molecular weight is 303 g/mol. The number of nitrogens with zero attached hydrogens (tertiary/aromatic N) is 3. The molecule has 0 atom stereocenters. The quantitative estimate of drug-likeness (QED) is 0.848. The number of aromatic nitrogens is 1. The van der Waals surface area contributed by atoms with Crippen molar-refractivity contribution in [2.45, 2.75) is 32.1 Å². The molecule has 1 aromatic heterocycles. The Labute approximate surface area is 131 Å². The van der Waals surface area contributed by atoms with Crippen LogP contribution in [0, 0.1) is 5.92 Å². The van der Waals surface area contributed by atoms with Crippen molar-refractivity contribution >= 4 is 11.8 Å². The molecule has 0 spiro atoms. The second kappa shape index (κ2) is 6.55. The van der Waals surface area contributed by atoms with Crippen molar-refractivity contribution in [2.75, 3.05) is 26.2 Å². The summed E-state index contributed by atoms with van der Waals surface area (Å²) in [7, 11) is 1.96. The predicted octanol–water partition coefficient (Wildman–Crippen LogP) is 1.43. The predicted molar refractivity (Wildman–Crippen MR) is 84.2 cm³/mol. The zero-order valence-electron chi connectivity index (χ0n) is 13.3. The van der Waals surface area contributed by atoms with Crippen molar-refractivity contribution < 1.29 is 9.59 Å². The van der Waals surface area contributed by atoms with Crippen LogP contribution >= 0.6 is 0 Å². The van der Waals surface area contributed by atoms with Gasteiger partial charge in [0.25, 0.3) is 0 Å². The van der Waals surface area contributed by atoms with Gasteiger partial charge in [0.05, 0.1) is 6.42 Å². The van der Waals surface area contributed by atoms with E-state index in [2.05, 4.69) is 0 Å². The van der Waals surface area contributed by atoms with Crippen molar-refractivity contribution in [3.8, 4) is 0 Å². The van der Waals surface area contributed by atoms with E-state index in [9.17, 15) is 9.59 Å². The van der Waals surface area contributed by atoms with Crippen LogP contribution in [0.5, 0.6) is 0 Å². The number of aryl methyl sites for hydroxylation is 1. The van der Waals surface area contributed by atoms with Crippen molar-refractivity contribution in [2.24, 2.45) is 13.0 Å². The molecule has 2 amide bonds. The minimum absolute atomic E-state index is 0.166. The SMILES string of the molecule is Cn1ccc(CC(=O)N2CCN(C(=O)C3CCCC3)CC2)c1. The summed E-state index contributed by atoms with van der Waals surface area (Å²) < 4.78 is 1.96. The van der Waals surface area contributed by atoms with Crippen LogP contribution in [0.2, 0.25) is 0 Å². The Morgan fingerprint density at radius 2 is 1.73 bits per heavy atom. The van der Waals surface area contributed by atoms with E-state index < -0.39 is 0 Å². The first-order valence-electron chi connectivity index (χ1n) is 8.31. The Morgan fingerprint density at radius 1 is 1.09 bits per heavy atom. The molecule has 0 unspecified atom stereocenters. The van der Waals surface area contributed by atoms with E-state index in [0.29, 0.717) is 38.5 Å². The Balaban J connectivity index is 1.48. The maximum atomic E-state index is 12.4. The minimum atomic E-state index is 0.166. The second-order valence-corrected chi connectivity index (χ2v) is 6.55. The number of carbonyl (C=O) groups excluding carboxylic acids is 2. The summed E-state index contributed by atoms with van der Waals surface area (Å²) >= 11 is 0. The van der Waals surface area contributed by atoms with E-state index in [1.54, 1.807) is 0 Å². The Morgan fingerprint density at radius 3 is 2.32 bits per heavy atom. The molecule has 3 rings (SSSR count). The van der Waals surface area contributed by atoms with Crippen LogP contribution < -0.4 is 0 Å². The van der Waals surface area contributed by atoms with Gasteiger partial charge in [-0.05, 0) is 24.5 Å². The van der Waals surface area contributed by atoms with Gasteiger partial charge >= 0.3 is 0 Å². The molecular weight excluding hydrogens is 278 g/mol. The number of piperazine rings is 1. The van der Waals surface area contributed by atoms with Gasteiger partial charge in [-0.3, -0.25) is 9.59 Å².